The van der Waals surface area contributed by atoms with Crippen LogP contribution in [0.3, 0.4) is 0 Å². The Labute approximate surface area is 71.5 Å². The molecule has 4 nitrogen and oxygen atoms in total. The van der Waals surface area contributed by atoms with Crippen LogP contribution in [0.25, 0.3) is 0 Å². The third-order valence-electron chi connectivity index (χ3n) is 1.57. The zero-order valence-electron chi connectivity index (χ0n) is 7.33. The van der Waals surface area contributed by atoms with Gasteiger partial charge >= 0.3 is 5.97 Å². The molecular formula is C8H13O4-. The standard InChI is InChI=1S/C8H14O4/c1-3-6(2)8(11)12-5-4-7(9)10/h6H,3-5H2,1-2H3,(H,9,10)/p-1. The molecule has 0 aliphatic rings. The van der Waals surface area contributed by atoms with E-state index in [0.29, 0.717) is 6.42 Å². The van der Waals surface area contributed by atoms with E-state index in [4.69, 9.17) is 0 Å². The minimum atomic E-state index is -1.20. The number of rotatable bonds is 5. The molecule has 0 spiro atoms. The Morgan fingerprint density at radius 3 is 2.50 bits per heavy atom. The number of aliphatic carboxylic acids is 1. The SMILES string of the molecule is CCC(C)C(=O)OCCC(=O)[O-]. The van der Waals surface area contributed by atoms with Crippen molar-refractivity contribution in [2.45, 2.75) is 26.7 Å². The molecule has 4 heteroatoms. The second-order valence-electron chi connectivity index (χ2n) is 2.60. The maximum absolute atomic E-state index is 10.9. The van der Waals surface area contributed by atoms with E-state index in [0.717, 1.165) is 0 Å². The lowest BCUT2D eigenvalue weighted by atomic mass is 10.1. The van der Waals surface area contributed by atoms with Crippen LogP contribution < -0.4 is 5.11 Å². The topological polar surface area (TPSA) is 66.4 Å². The first-order chi connectivity index (χ1) is 5.57. The first kappa shape index (κ1) is 10.9. The Hall–Kier alpha value is -1.06. The van der Waals surface area contributed by atoms with Crippen LogP contribution in [0.5, 0.6) is 0 Å². The van der Waals surface area contributed by atoms with Gasteiger partial charge in [-0.3, -0.25) is 4.79 Å². The molecule has 12 heavy (non-hydrogen) atoms. The van der Waals surface area contributed by atoms with Crippen LogP contribution in [0.1, 0.15) is 26.7 Å². The average Bonchev–Trinajstić information content (AvgIpc) is 2.02. The van der Waals surface area contributed by atoms with Gasteiger partial charge in [0.1, 0.15) is 0 Å². The number of carbonyl (C=O) groups is 2. The van der Waals surface area contributed by atoms with Crippen LogP contribution in [0.15, 0.2) is 0 Å². The van der Waals surface area contributed by atoms with E-state index in [1.165, 1.54) is 0 Å². The normalized spacial score (nSPS) is 12.2. The molecule has 0 aliphatic heterocycles. The van der Waals surface area contributed by atoms with E-state index >= 15 is 0 Å². The van der Waals surface area contributed by atoms with Crippen LogP contribution in [-0.2, 0) is 14.3 Å². The number of esters is 1. The molecule has 0 rings (SSSR count). The summed E-state index contributed by atoms with van der Waals surface area (Å²) in [6.45, 7) is 3.51. The number of carboxylic acids is 1. The fraction of sp³-hybridized carbons (Fsp3) is 0.750. The highest BCUT2D eigenvalue weighted by atomic mass is 16.5. The van der Waals surface area contributed by atoms with Gasteiger partial charge in [0.05, 0.1) is 12.5 Å². The predicted molar refractivity (Wildman–Crippen MR) is 40.0 cm³/mol. The Bertz CT molecular complexity index is 164. The Morgan fingerprint density at radius 2 is 2.08 bits per heavy atom. The summed E-state index contributed by atoms with van der Waals surface area (Å²) in [5, 5.41) is 9.92. The molecule has 0 fully saturated rings. The smallest absolute Gasteiger partial charge is 0.308 e. The van der Waals surface area contributed by atoms with Gasteiger partial charge in [-0.25, -0.2) is 0 Å². The van der Waals surface area contributed by atoms with Crippen molar-refractivity contribution in [2.24, 2.45) is 5.92 Å². The van der Waals surface area contributed by atoms with Gasteiger partial charge < -0.3 is 14.6 Å². The van der Waals surface area contributed by atoms with Crippen molar-refractivity contribution in [3.8, 4) is 0 Å². The summed E-state index contributed by atoms with van der Waals surface area (Å²) in [5.41, 5.74) is 0. The van der Waals surface area contributed by atoms with Crippen LogP contribution in [0, 0.1) is 5.92 Å². The number of carboxylic acid groups (broad SMARTS) is 1. The van der Waals surface area contributed by atoms with E-state index in [9.17, 15) is 14.7 Å². The monoisotopic (exact) mass is 173 g/mol. The van der Waals surface area contributed by atoms with Crippen molar-refractivity contribution >= 4 is 11.9 Å². The van der Waals surface area contributed by atoms with Gasteiger partial charge in [0.25, 0.3) is 0 Å². The van der Waals surface area contributed by atoms with Crippen molar-refractivity contribution in [1.29, 1.82) is 0 Å². The fourth-order valence-corrected chi connectivity index (χ4v) is 0.544. The molecule has 1 atom stereocenters. The molecule has 1 unspecified atom stereocenters. The van der Waals surface area contributed by atoms with Crippen LogP contribution in [0.2, 0.25) is 0 Å². The van der Waals surface area contributed by atoms with Crippen LogP contribution >= 0.6 is 0 Å². The molecule has 0 N–H and O–H groups in total. The Kier molecular flexibility index (Phi) is 5.08. The first-order valence-corrected chi connectivity index (χ1v) is 3.94. The summed E-state index contributed by atoms with van der Waals surface area (Å²) in [7, 11) is 0. The molecule has 0 aromatic rings. The molecule has 70 valence electrons. The second-order valence-corrected chi connectivity index (χ2v) is 2.60. The van der Waals surface area contributed by atoms with Gasteiger partial charge in [0.2, 0.25) is 0 Å². The highest BCUT2D eigenvalue weighted by Gasteiger charge is 2.10. The highest BCUT2D eigenvalue weighted by Crippen LogP contribution is 2.02. The Balaban J connectivity index is 3.50. The molecule has 0 aromatic heterocycles. The fourth-order valence-electron chi connectivity index (χ4n) is 0.544. The van der Waals surface area contributed by atoms with E-state index in [1.807, 2.05) is 6.92 Å². The van der Waals surface area contributed by atoms with E-state index in [2.05, 4.69) is 4.74 Å². The molecule has 0 saturated heterocycles. The maximum Gasteiger partial charge on any atom is 0.308 e. The molecule has 0 radical (unpaired) electrons. The third kappa shape index (κ3) is 4.71. The molecular weight excluding hydrogens is 160 g/mol. The lowest BCUT2D eigenvalue weighted by Crippen LogP contribution is -2.25. The largest absolute Gasteiger partial charge is 0.550 e. The van der Waals surface area contributed by atoms with Gasteiger partial charge in [0.15, 0.2) is 0 Å². The summed E-state index contributed by atoms with van der Waals surface area (Å²) in [4.78, 5) is 20.8. The van der Waals surface area contributed by atoms with Gasteiger partial charge in [-0.15, -0.1) is 0 Å². The van der Waals surface area contributed by atoms with Crippen LogP contribution in [-0.4, -0.2) is 18.5 Å². The summed E-state index contributed by atoms with van der Waals surface area (Å²) >= 11 is 0. The maximum atomic E-state index is 10.9. The number of hydrogen-bond donors (Lipinski definition) is 0. The van der Waals surface area contributed by atoms with Crippen LogP contribution in [0.4, 0.5) is 0 Å². The summed E-state index contributed by atoms with van der Waals surface area (Å²) in [6.07, 6.45) is 0.465. The minimum Gasteiger partial charge on any atom is -0.550 e. The van der Waals surface area contributed by atoms with Crippen molar-refractivity contribution in [2.75, 3.05) is 6.61 Å². The lowest BCUT2D eigenvalue weighted by Gasteiger charge is -2.08. The first-order valence-electron chi connectivity index (χ1n) is 3.94. The average molecular weight is 173 g/mol. The van der Waals surface area contributed by atoms with E-state index in [1.54, 1.807) is 6.92 Å². The van der Waals surface area contributed by atoms with E-state index < -0.39 is 5.97 Å². The van der Waals surface area contributed by atoms with Crippen molar-refractivity contribution in [3.63, 3.8) is 0 Å². The summed E-state index contributed by atoms with van der Waals surface area (Å²) < 4.78 is 4.65. The number of hydrogen-bond acceptors (Lipinski definition) is 4. The molecule has 0 heterocycles. The molecule has 0 aromatic carbocycles. The van der Waals surface area contributed by atoms with Gasteiger partial charge in [-0.05, 0) is 6.42 Å². The van der Waals surface area contributed by atoms with E-state index in [-0.39, 0.29) is 24.9 Å². The molecule has 0 amide bonds. The van der Waals surface area contributed by atoms with Crippen molar-refractivity contribution < 1.29 is 19.4 Å². The number of carbonyl (C=O) groups excluding carboxylic acids is 2. The molecule has 0 saturated carbocycles. The molecule has 0 bridgehead atoms. The highest BCUT2D eigenvalue weighted by molar-refractivity contribution is 5.72. The second kappa shape index (κ2) is 5.57. The van der Waals surface area contributed by atoms with Crippen molar-refractivity contribution in [1.82, 2.24) is 0 Å². The lowest BCUT2D eigenvalue weighted by molar-refractivity contribution is -0.306. The predicted octanol–water partition coefficient (Wildman–Crippen LogP) is -0.284. The summed E-state index contributed by atoms with van der Waals surface area (Å²) in [5.74, 6) is -1.71. The zero-order valence-corrected chi connectivity index (χ0v) is 7.33. The van der Waals surface area contributed by atoms with Gasteiger partial charge in [0, 0.05) is 12.4 Å². The third-order valence-corrected chi connectivity index (χ3v) is 1.57. The quantitative estimate of drug-likeness (QED) is 0.536. The zero-order chi connectivity index (χ0) is 9.56. The molecule has 0 aliphatic carbocycles. The van der Waals surface area contributed by atoms with Crippen molar-refractivity contribution in [3.05, 3.63) is 0 Å². The number of ether oxygens (including phenoxy) is 1. The Morgan fingerprint density at radius 1 is 1.50 bits per heavy atom. The van der Waals surface area contributed by atoms with Gasteiger partial charge in [-0.1, -0.05) is 13.8 Å². The summed E-state index contributed by atoms with van der Waals surface area (Å²) in [6, 6.07) is 0. The minimum absolute atomic E-state index is 0.0918. The van der Waals surface area contributed by atoms with Gasteiger partial charge in [-0.2, -0.15) is 0 Å².